The quantitative estimate of drug-likeness (QED) is 0.837. The van der Waals surface area contributed by atoms with Crippen LogP contribution < -0.4 is 0 Å². The molecular formula is C13H16FNO3. The summed E-state index contributed by atoms with van der Waals surface area (Å²) in [7, 11) is 0. The average Bonchev–Trinajstić information content (AvgIpc) is 2.41. The summed E-state index contributed by atoms with van der Waals surface area (Å²) >= 11 is 0. The Morgan fingerprint density at radius 1 is 1.50 bits per heavy atom. The van der Waals surface area contributed by atoms with Gasteiger partial charge in [0.1, 0.15) is 11.6 Å². The van der Waals surface area contributed by atoms with Crippen molar-refractivity contribution in [1.29, 1.82) is 0 Å². The average molecular weight is 253 g/mol. The van der Waals surface area contributed by atoms with Crippen LogP contribution in [0.1, 0.15) is 23.2 Å². The van der Waals surface area contributed by atoms with Gasteiger partial charge in [0.05, 0.1) is 5.56 Å². The molecule has 1 heterocycles. The molecule has 1 fully saturated rings. The second kappa shape index (κ2) is 5.35. The molecule has 1 amide bonds. The Kier molecular flexibility index (Phi) is 3.81. The van der Waals surface area contributed by atoms with Crippen molar-refractivity contribution in [3.63, 3.8) is 0 Å². The monoisotopic (exact) mass is 253 g/mol. The number of benzene rings is 1. The predicted octanol–water partition coefficient (Wildman–Crippen LogP) is 1.38. The molecule has 1 atom stereocenters. The zero-order valence-electron chi connectivity index (χ0n) is 9.97. The number of hydrogen-bond donors (Lipinski definition) is 2. The Morgan fingerprint density at radius 2 is 2.28 bits per heavy atom. The number of halogens is 1. The van der Waals surface area contributed by atoms with Crippen LogP contribution in [0.15, 0.2) is 18.2 Å². The Hall–Kier alpha value is -1.62. The maximum Gasteiger partial charge on any atom is 0.257 e. The first-order valence-electron chi connectivity index (χ1n) is 6.00. The summed E-state index contributed by atoms with van der Waals surface area (Å²) in [5.74, 6) is -1.08. The second-order valence-electron chi connectivity index (χ2n) is 4.60. The molecule has 0 bridgehead atoms. The van der Waals surface area contributed by atoms with Crippen LogP contribution in [-0.4, -0.2) is 40.7 Å². The van der Waals surface area contributed by atoms with Gasteiger partial charge in [0.25, 0.3) is 5.91 Å². The number of aliphatic hydroxyl groups excluding tert-OH is 1. The third-order valence-electron chi connectivity index (χ3n) is 3.25. The Labute approximate surface area is 105 Å². The third-order valence-corrected chi connectivity index (χ3v) is 3.25. The lowest BCUT2D eigenvalue weighted by Crippen LogP contribution is -2.41. The van der Waals surface area contributed by atoms with Gasteiger partial charge in [-0.1, -0.05) is 0 Å². The van der Waals surface area contributed by atoms with Gasteiger partial charge in [-0.15, -0.1) is 0 Å². The SMILES string of the molecule is O=C(c1cc(F)ccc1O)N1CCCC(CO)C1. The molecule has 1 aliphatic heterocycles. The van der Waals surface area contributed by atoms with E-state index in [1.165, 1.54) is 6.07 Å². The fourth-order valence-electron chi connectivity index (χ4n) is 2.25. The van der Waals surface area contributed by atoms with E-state index in [-0.39, 0.29) is 29.7 Å². The molecule has 1 aromatic carbocycles. The van der Waals surface area contributed by atoms with Crippen LogP contribution in [0.3, 0.4) is 0 Å². The van der Waals surface area contributed by atoms with Gasteiger partial charge in [-0.3, -0.25) is 4.79 Å². The van der Waals surface area contributed by atoms with Gasteiger partial charge in [0, 0.05) is 19.7 Å². The molecule has 5 heteroatoms. The van der Waals surface area contributed by atoms with Crippen molar-refractivity contribution in [2.24, 2.45) is 5.92 Å². The smallest absolute Gasteiger partial charge is 0.257 e. The van der Waals surface area contributed by atoms with Crippen molar-refractivity contribution in [2.45, 2.75) is 12.8 Å². The number of aliphatic hydroxyl groups is 1. The van der Waals surface area contributed by atoms with Gasteiger partial charge in [-0.25, -0.2) is 4.39 Å². The second-order valence-corrected chi connectivity index (χ2v) is 4.60. The summed E-state index contributed by atoms with van der Waals surface area (Å²) in [5.41, 5.74) is -0.0198. The highest BCUT2D eigenvalue weighted by molar-refractivity contribution is 5.96. The summed E-state index contributed by atoms with van der Waals surface area (Å²) in [5, 5.41) is 18.7. The van der Waals surface area contributed by atoms with E-state index in [1.807, 2.05) is 0 Å². The zero-order chi connectivity index (χ0) is 13.1. The number of rotatable bonds is 2. The first kappa shape index (κ1) is 12.8. The van der Waals surface area contributed by atoms with E-state index < -0.39 is 5.82 Å². The Morgan fingerprint density at radius 3 is 3.00 bits per heavy atom. The molecule has 0 saturated carbocycles. The summed E-state index contributed by atoms with van der Waals surface area (Å²) < 4.78 is 13.1. The van der Waals surface area contributed by atoms with Gasteiger partial charge >= 0.3 is 0 Å². The van der Waals surface area contributed by atoms with Crippen LogP contribution in [0.25, 0.3) is 0 Å². The van der Waals surface area contributed by atoms with Crippen LogP contribution in [0.5, 0.6) is 5.75 Å². The van der Waals surface area contributed by atoms with Crippen molar-refractivity contribution in [3.05, 3.63) is 29.6 Å². The largest absolute Gasteiger partial charge is 0.507 e. The van der Waals surface area contributed by atoms with E-state index in [0.717, 1.165) is 25.0 Å². The number of carbonyl (C=O) groups is 1. The van der Waals surface area contributed by atoms with E-state index in [0.29, 0.717) is 13.1 Å². The molecule has 2 N–H and O–H groups in total. The number of likely N-dealkylation sites (tertiary alicyclic amines) is 1. The highest BCUT2D eigenvalue weighted by Gasteiger charge is 2.25. The predicted molar refractivity (Wildman–Crippen MR) is 63.8 cm³/mol. The minimum absolute atomic E-state index is 0.0198. The van der Waals surface area contributed by atoms with E-state index >= 15 is 0 Å². The summed E-state index contributed by atoms with van der Waals surface area (Å²) in [4.78, 5) is 13.7. The van der Waals surface area contributed by atoms with Gasteiger partial charge in [0.2, 0.25) is 0 Å². The molecule has 2 rings (SSSR count). The molecule has 0 radical (unpaired) electrons. The molecule has 1 aliphatic rings. The van der Waals surface area contributed by atoms with Crippen molar-refractivity contribution in [2.75, 3.05) is 19.7 Å². The molecular weight excluding hydrogens is 237 g/mol. The number of hydrogen-bond acceptors (Lipinski definition) is 3. The van der Waals surface area contributed by atoms with Crippen LogP contribution in [0, 0.1) is 11.7 Å². The van der Waals surface area contributed by atoms with E-state index in [2.05, 4.69) is 0 Å². The normalized spacial score (nSPS) is 19.9. The number of nitrogens with zero attached hydrogens (tertiary/aromatic N) is 1. The van der Waals surface area contributed by atoms with Gasteiger partial charge < -0.3 is 15.1 Å². The van der Waals surface area contributed by atoms with Crippen molar-refractivity contribution < 1.29 is 19.4 Å². The lowest BCUT2D eigenvalue weighted by molar-refractivity contribution is 0.0617. The zero-order valence-corrected chi connectivity index (χ0v) is 9.97. The van der Waals surface area contributed by atoms with Crippen LogP contribution in [0.4, 0.5) is 4.39 Å². The molecule has 18 heavy (non-hydrogen) atoms. The van der Waals surface area contributed by atoms with Crippen LogP contribution in [-0.2, 0) is 0 Å². The maximum atomic E-state index is 13.1. The van der Waals surface area contributed by atoms with Gasteiger partial charge in [0.15, 0.2) is 0 Å². The molecule has 1 aromatic rings. The first-order chi connectivity index (χ1) is 8.61. The van der Waals surface area contributed by atoms with E-state index in [1.54, 1.807) is 4.90 Å². The molecule has 4 nitrogen and oxygen atoms in total. The highest BCUT2D eigenvalue weighted by Crippen LogP contribution is 2.23. The van der Waals surface area contributed by atoms with E-state index in [9.17, 15) is 14.3 Å². The molecule has 0 aliphatic carbocycles. The summed E-state index contributed by atoms with van der Waals surface area (Å²) in [6, 6.07) is 3.33. The van der Waals surface area contributed by atoms with Crippen LogP contribution >= 0.6 is 0 Å². The minimum Gasteiger partial charge on any atom is -0.507 e. The first-order valence-corrected chi connectivity index (χ1v) is 6.00. The Bertz CT molecular complexity index is 450. The van der Waals surface area contributed by atoms with Crippen molar-refractivity contribution in [3.8, 4) is 5.75 Å². The number of amides is 1. The van der Waals surface area contributed by atoms with Gasteiger partial charge in [-0.05, 0) is 37.0 Å². The van der Waals surface area contributed by atoms with Crippen molar-refractivity contribution >= 4 is 5.91 Å². The van der Waals surface area contributed by atoms with E-state index in [4.69, 9.17) is 5.11 Å². The maximum absolute atomic E-state index is 13.1. The molecule has 1 unspecified atom stereocenters. The van der Waals surface area contributed by atoms with Crippen molar-refractivity contribution in [1.82, 2.24) is 4.90 Å². The molecule has 0 aromatic heterocycles. The fourth-order valence-corrected chi connectivity index (χ4v) is 2.25. The summed E-state index contributed by atoms with van der Waals surface area (Å²) in [6.45, 7) is 1.06. The fraction of sp³-hybridized carbons (Fsp3) is 0.462. The molecule has 0 spiro atoms. The topological polar surface area (TPSA) is 60.8 Å². The number of piperidine rings is 1. The molecule has 98 valence electrons. The molecule has 1 saturated heterocycles. The lowest BCUT2D eigenvalue weighted by atomic mass is 9.98. The van der Waals surface area contributed by atoms with Gasteiger partial charge in [-0.2, -0.15) is 0 Å². The number of carbonyl (C=O) groups excluding carboxylic acids is 1. The third kappa shape index (κ3) is 2.61. The number of phenolic OH excluding ortho intramolecular Hbond substituents is 1. The minimum atomic E-state index is -0.549. The number of aromatic hydroxyl groups is 1. The van der Waals surface area contributed by atoms with Crippen LogP contribution in [0.2, 0.25) is 0 Å². The number of phenols is 1. The highest BCUT2D eigenvalue weighted by atomic mass is 19.1. The Balaban J connectivity index is 2.17. The standard InChI is InChI=1S/C13H16FNO3/c14-10-3-4-12(17)11(6-10)13(18)15-5-1-2-9(7-15)8-16/h3-4,6,9,16-17H,1-2,5,7-8H2. The lowest BCUT2D eigenvalue weighted by Gasteiger charge is -2.32. The summed E-state index contributed by atoms with van der Waals surface area (Å²) in [6.07, 6.45) is 1.70.